The highest BCUT2D eigenvalue weighted by Crippen LogP contribution is 2.35. The van der Waals surface area contributed by atoms with Gasteiger partial charge in [0.2, 0.25) is 0 Å². The van der Waals surface area contributed by atoms with Crippen LogP contribution in [0.1, 0.15) is 18.4 Å². The largest absolute Gasteiger partial charge is 0.416 e. The average molecular weight is 337 g/mol. The number of halogens is 4. The van der Waals surface area contributed by atoms with Crippen molar-refractivity contribution in [1.82, 2.24) is 5.32 Å². The van der Waals surface area contributed by atoms with Gasteiger partial charge in [-0.3, -0.25) is 0 Å². The predicted octanol–water partition coefficient (Wildman–Crippen LogP) is 3.66. The van der Waals surface area contributed by atoms with Crippen molar-refractivity contribution in [1.29, 1.82) is 0 Å². The van der Waals surface area contributed by atoms with Crippen LogP contribution in [0.25, 0.3) is 0 Å². The summed E-state index contributed by atoms with van der Waals surface area (Å²) in [7, 11) is 1.92. The van der Waals surface area contributed by atoms with Crippen LogP contribution in [0, 0.1) is 0 Å². The molecule has 1 heterocycles. The maximum absolute atomic E-state index is 12.6. The summed E-state index contributed by atoms with van der Waals surface area (Å²) in [4.78, 5) is 2.04. The third kappa shape index (κ3) is 3.42. The molecule has 0 amide bonds. The second-order valence-electron chi connectivity index (χ2n) is 4.78. The van der Waals surface area contributed by atoms with E-state index < -0.39 is 11.7 Å². The van der Waals surface area contributed by atoms with Gasteiger partial charge in [0.1, 0.15) is 0 Å². The summed E-state index contributed by atoms with van der Waals surface area (Å²) in [6.45, 7) is 1.88. The lowest BCUT2D eigenvalue weighted by Gasteiger charge is -2.34. The molecule has 2 rings (SSSR count). The van der Waals surface area contributed by atoms with E-state index in [1.807, 2.05) is 11.9 Å². The van der Waals surface area contributed by atoms with E-state index in [-0.39, 0.29) is 0 Å². The van der Waals surface area contributed by atoms with Crippen molar-refractivity contribution >= 4 is 21.6 Å². The Balaban J connectivity index is 2.20. The van der Waals surface area contributed by atoms with Crippen molar-refractivity contribution in [2.75, 3.05) is 25.0 Å². The number of rotatable bonds is 2. The first kappa shape index (κ1) is 14.7. The minimum absolute atomic E-state index is 0.321. The monoisotopic (exact) mass is 336 g/mol. The molecule has 0 saturated carbocycles. The van der Waals surface area contributed by atoms with Crippen molar-refractivity contribution in [3.63, 3.8) is 0 Å². The molecule has 1 aromatic rings. The molecule has 1 unspecified atom stereocenters. The summed E-state index contributed by atoms with van der Waals surface area (Å²) in [5, 5.41) is 3.30. The summed E-state index contributed by atoms with van der Waals surface area (Å²) in [5.74, 6) is 0. The lowest BCUT2D eigenvalue weighted by molar-refractivity contribution is -0.137. The minimum Gasteiger partial charge on any atom is -0.369 e. The Morgan fingerprint density at radius 2 is 2.11 bits per heavy atom. The van der Waals surface area contributed by atoms with Crippen molar-refractivity contribution in [2.24, 2.45) is 0 Å². The van der Waals surface area contributed by atoms with E-state index in [1.165, 1.54) is 6.07 Å². The summed E-state index contributed by atoms with van der Waals surface area (Å²) in [6.07, 6.45) is -2.16. The molecule has 19 heavy (non-hydrogen) atoms. The molecule has 6 heteroatoms. The number of benzene rings is 1. The van der Waals surface area contributed by atoms with E-state index in [1.54, 1.807) is 0 Å². The van der Waals surface area contributed by atoms with Gasteiger partial charge >= 0.3 is 6.18 Å². The zero-order valence-corrected chi connectivity index (χ0v) is 12.2. The molecule has 0 aromatic heterocycles. The number of likely N-dealkylation sites (N-methyl/N-ethyl adjacent to an activating group) is 1. The number of hydrogen-bond donors (Lipinski definition) is 1. The first-order valence-corrected chi connectivity index (χ1v) is 6.99. The van der Waals surface area contributed by atoms with Gasteiger partial charge in [-0.05, 0) is 53.5 Å². The molecule has 1 aliphatic heterocycles. The number of anilines is 1. The van der Waals surface area contributed by atoms with Gasteiger partial charge in [0.25, 0.3) is 0 Å². The Hall–Kier alpha value is -0.750. The van der Waals surface area contributed by atoms with Crippen LogP contribution in [-0.2, 0) is 6.18 Å². The highest BCUT2D eigenvalue weighted by atomic mass is 79.9. The summed E-state index contributed by atoms with van der Waals surface area (Å²) >= 11 is 3.24. The van der Waals surface area contributed by atoms with Crippen LogP contribution in [0.15, 0.2) is 22.7 Å². The van der Waals surface area contributed by atoms with Gasteiger partial charge in [-0.15, -0.1) is 0 Å². The molecular weight excluding hydrogens is 321 g/mol. The Morgan fingerprint density at radius 1 is 1.37 bits per heavy atom. The van der Waals surface area contributed by atoms with Gasteiger partial charge in [0, 0.05) is 24.1 Å². The van der Waals surface area contributed by atoms with E-state index >= 15 is 0 Å². The van der Waals surface area contributed by atoms with E-state index in [0.29, 0.717) is 10.5 Å². The topological polar surface area (TPSA) is 15.3 Å². The second kappa shape index (κ2) is 5.71. The molecule has 0 bridgehead atoms. The highest BCUT2D eigenvalue weighted by molar-refractivity contribution is 9.10. The maximum Gasteiger partial charge on any atom is 0.416 e. The molecule has 0 spiro atoms. The Bertz CT molecular complexity index is 442. The number of nitrogens with zero attached hydrogens (tertiary/aromatic N) is 1. The van der Waals surface area contributed by atoms with Crippen LogP contribution >= 0.6 is 15.9 Å². The Kier molecular flexibility index (Phi) is 4.40. The number of alkyl halides is 3. The molecule has 0 aliphatic carbocycles. The molecular formula is C13H16BrF3N2. The average Bonchev–Trinajstić information content (AvgIpc) is 2.38. The van der Waals surface area contributed by atoms with E-state index in [0.717, 1.165) is 43.8 Å². The molecule has 1 N–H and O–H groups in total. The first-order valence-electron chi connectivity index (χ1n) is 6.20. The Morgan fingerprint density at radius 3 is 2.63 bits per heavy atom. The van der Waals surface area contributed by atoms with Crippen LogP contribution in [0.3, 0.4) is 0 Å². The number of piperidine rings is 1. The molecule has 1 fully saturated rings. The van der Waals surface area contributed by atoms with Crippen LogP contribution in [0.2, 0.25) is 0 Å². The van der Waals surface area contributed by atoms with Gasteiger partial charge in [-0.2, -0.15) is 13.2 Å². The molecule has 2 nitrogen and oxygen atoms in total. The van der Waals surface area contributed by atoms with Gasteiger partial charge in [0.05, 0.1) is 11.3 Å². The SMILES string of the molecule is CN(c1ccc(C(F)(F)F)cc1Br)C1CCCNC1. The van der Waals surface area contributed by atoms with Crippen LogP contribution < -0.4 is 10.2 Å². The lowest BCUT2D eigenvalue weighted by Crippen LogP contribution is -2.44. The summed E-state index contributed by atoms with van der Waals surface area (Å²) in [5.41, 5.74) is 0.167. The van der Waals surface area contributed by atoms with E-state index in [9.17, 15) is 13.2 Å². The third-order valence-electron chi connectivity index (χ3n) is 3.47. The standard InChI is InChI=1S/C13H16BrF3N2/c1-19(10-3-2-6-18-8-10)12-5-4-9(7-11(12)14)13(15,16)17/h4-5,7,10,18H,2-3,6,8H2,1H3. The highest BCUT2D eigenvalue weighted by Gasteiger charge is 2.31. The van der Waals surface area contributed by atoms with E-state index in [2.05, 4.69) is 21.2 Å². The van der Waals surface area contributed by atoms with E-state index in [4.69, 9.17) is 0 Å². The maximum atomic E-state index is 12.6. The van der Waals surface area contributed by atoms with Gasteiger partial charge < -0.3 is 10.2 Å². The fraction of sp³-hybridized carbons (Fsp3) is 0.538. The van der Waals surface area contributed by atoms with Crippen LogP contribution in [-0.4, -0.2) is 26.2 Å². The minimum atomic E-state index is -4.30. The zero-order chi connectivity index (χ0) is 14.0. The fourth-order valence-electron chi connectivity index (χ4n) is 2.33. The Labute approximate surface area is 119 Å². The zero-order valence-electron chi connectivity index (χ0n) is 10.6. The number of nitrogens with one attached hydrogen (secondary N) is 1. The first-order chi connectivity index (χ1) is 8.89. The molecule has 1 atom stereocenters. The fourth-order valence-corrected chi connectivity index (χ4v) is 2.99. The van der Waals surface area contributed by atoms with Crippen molar-refractivity contribution in [3.05, 3.63) is 28.2 Å². The van der Waals surface area contributed by atoms with Crippen LogP contribution in [0.4, 0.5) is 18.9 Å². The second-order valence-corrected chi connectivity index (χ2v) is 5.63. The van der Waals surface area contributed by atoms with Crippen molar-refractivity contribution in [3.8, 4) is 0 Å². The molecule has 0 radical (unpaired) electrons. The summed E-state index contributed by atoms with van der Waals surface area (Å²) in [6, 6.07) is 4.12. The lowest BCUT2D eigenvalue weighted by atomic mass is 10.1. The van der Waals surface area contributed by atoms with Gasteiger partial charge in [-0.1, -0.05) is 0 Å². The third-order valence-corrected chi connectivity index (χ3v) is 4.11. The molecule has 106 valence electrons. The van der Waals surface area contributed by atoms with Crippen LogP contribution in [0.5, 0.6) is 0 Å². The predicted molar refractivity (Wildman–Crippen MR) is 73.4 cm³/mol. The van der Waals surface area contributed by atoms with Crippen molar-refractivity contribution in [2.45, 2.75) is 25.1 Å². The quantitative estimate of drug-likeness (QED) is 0.886. The number of hydrogen-bond acceptors (Lipinski definition) is 2. The smallest absolute Gasteiger partial charge is 0.369 e. The van der Waals surface area contributed by atoms with Gasteiger partial charge in [-0.25, -0.2) is 0 Å². The molecule has 1 aliphatic rings. The summed E-state index contributed by atoms with van der Waals surface area (Å²) < 4.78 is 38.3. The normalized spacial score (nSPS) is 20.4. The van der Waals surface area contributed by atoms with Crippen molar-refractivity contribution < 1.29 is 13.2 Å². The van der Waals surface area contributed by atoms with Gasteiger partial charge in [0.15, 0.2) is 0 Å². The molecule has 1 saturated heterocycles. The molecule has 1 aromatic carbocycles.